The van der Waals surface area contributed by atoms with E-state index >= 15 is 0 Å². The molecule has 1 atom stereocenters. The molecule has 23 heavy (non-hydrogen) atoms. The van der Waals surface area contributed by atoms with Crippen molar-refractivity contribution in [1.82, 2.24) is 18.7 Å². The molecule has 126 valence electrons. The van der Waals surface area contributed by atoms with E-state index in [0.29, 0.717) is 22.9 Å². The van der Waals surface area contributed by atoms with Gasteiger partial charge in [0.05, 0.1) is 12.7 Å². The Morgan fingerprint density at radius 2 is 2.00 bits per heavy atom. The first-order chi connectivity index (χ1) is 10.8. The molecule has 2 rings (SSSR count). The molecule has 0 spiro atoms. The van der Waals surface area contributed by atoms with Crippen molar-refractivity contribution in [2.24, 2.45) is 14.1 Å². The number of aromatic nitrogens is 4. The van der Waals surface area contributed by atoms with E-state index in [1.807, 2.05) is 6.92 Å². The molecule has 0 aromatic carbocycles. The zero-order chi connectivity index (χ0) is 17.3. The Kier molecular flexibility index (Phi) is 5.12. The lowest BCUT2D eigenvalue weighted by Gasteiger charge is -2.10. The minimum absolute atomic E-state index is 0.226. The van der Waals surface area contributed by atoms with Gasteiger partial charge in [-0.2, -0.15) is 0 Å². The van der Waals surface area contributed by atoms with Gasteiger partial charge in [0.2, 0.25) is 0 Å². The van der Waals surface area contributed by atoms with E-state index in [4.69, 9.17) is 5.11 Å². The highest BCUT2D eigenvalue weighted by Crippen LogP contribution is 2.23. The van der Waals surface area contributed by atoms with Gasteiger partial charge < -0.3 is 14.8 Å². The van der Waals surface area contributed by atoms with Crippen molar-refractivity contribution < 1.29 is 10.2 Å². The van der Waals surface area contributed by atoms with Gasteiger partial charge in [-0.25, -0.2) is 9.78 Å². The first kappa shape index (κ1) is 17.5. The molecule has 0 radical (unpaired) electrons. The third kappa shape index (κ3) is 3.26. The second-order valence-corrected chi connectivity index (χ2v) is 6.45. The Morgan fingerprint density at radius 3 is 2.57 bits per heavy atom. The molecule has 0 saturated heterocycles. The molecule has 9 heteroatoms. The summed E-state index contributed by atoms with van der Waals surface area (Å²) in [6, 6.07) is 0. The molecule has 2 heterocycles. The molecule has 8 nitrogen and oxygen atoms in total. The predicted molar refractivity (Wildman–Crippen MR) is 88.8 cm³/mol. The summed E-state index contributed by atoms with van der Waals surface area (Å²) in [7, 11) is 2.98. The van der Waals surface area contributed by atoms with Gasteiger partial charge in [0.1, 0.15) is 0 Å². The Labute approximate surface area is 136 Å². The summed E-state index contributed by atoms with van der Waals surface area (Å²) < 4.78 is 4.04. The molecule has 0 bridgehead atoms. The monoisotopic (exact) mass is 340 g/mol. The van der Waals surface area contributed by atoms with E-state index in [-0.39, 0.29) is 12.4 Å². The van der Waals surface area contributed by atoms with Crippen molar-refractivity contribution in [1.29, 1.82) is 0 Å². The number of rotatable bonds is 6. The molecule has 1 unspecified atom stereocenters. The van der Waals surface area contributed by atoms with E-state index in [1.165, 1.54) is 23.4 Å². The van der Waals surface area contributed by atoms with Crippen LogP contribution in [0.5, 0.6) is 0 Å². The van der Waals surface area contributed by atoms with E-state index in [2.05, 4.69) is 11.6 Å². The van der Waals surface area contributed by atoms with Crippen molar-refractivity contribution in [3.8, 4) is 0 Å². The second-order valence-electron chi connectivity index (χ2n) is 5.46. The number of thioether (sulfide) groups is 1. The lowest BCUT2D eigenvalue weighted by molar-refractivity contribution is 0.113. The van der Waals surface area contributed by atoms with Crippen LogP contribution in [0.25, 0.3) is 11.2 Å². The van der Waals surface area contributed by atoms with Crippen LogP contribution in [0.4, 0.5) is 0 Å². The zero-order valence-corrected chi connectivity index (χ0v) is 14.1. The van der Waals surface area contributed by atoms with Gasteiger partial charge in [-0.3, -0.25) is 13.9 Å². The molecule has 0 aliphatic carbocycles. The average molecular weight is 340 g/mol. The number of allylic oxidation sites excluding steroid dienone is 1. The third-order valence-corrected chi connectivity index (χ3v) is 4.48. The number of hydrogen-bond donors (Lipinski definition) is 2. The Bertz CT molecular complexity index is 864. The fourth-order valence-electron chi connectivity index (χ4n) is 2.18. The van der Waals surface area contributed by atoms with Crippen molar-refractivity contribution in [2.45, 2.75) is 24.7 Å². The van der Waals surface area contributed by atoms with E-state index in [9.17, 15) is 14.7 Å². The fraction of sp³-hybridized carbons (Fsp3) is 0.500. The van der Waals surface area contributed by atoms with Crippen molar-refractivity contribution in [3.05, 3.63) is 33.0 Å². The highest BCUT2D eigenvalue weighted by molar-refractivity contribution is 7.99. The van der Waals surface area contributed by atoms with Gasteiger partial charge in [0.25, 0.3) is 5.56 Å². The Morgan fingerprint density at radius 1 is 1.35 bits per heavy atom. The molecule has 0 saturated carbocycles. The van der Waals surface area contributed by atoms with Crippen LogP contribution in [0, 0.1) is 0 Å². The molecule has 2 aromatic rings. The standard InChI is InChI=1S/C14H20N4O4S/c1-8(2)5-18-10-11(15-13(18)23-7-9(20)6-19)16(3)14(22)17(4)12(10)21/h9,19-20H,1,5-7H2,2-4H3. The lowest BCUT2D eigenvalue weighted by Crippen LogP contribution is -2.37. The number of aliphatic hydroxyl groups is 2. The van der Waals surface area contributed by atoms with Gasteiger partial charge in [-0.05, 0) is 6.92 Å². The summed E-state index contributed by atoms with van der Waals surface area (Å²) in [6.45, 7) is 5.71. The minimum atomic E-state index is -0.884. The van der Waals surface area contributed by atoms with Crippen molar-refractivity contribution in [3.63, 3.8) is 0 Å². The molecule has 0 aliphatic rings. The second kappa shape index (κ2) is 6.73. The Hall–Kier alpha value is -1.84. The van der Waals surface area contributed by atoms with Gasteiger partial charge in [-0.1, -0.05) is 23.9 Å². The zero-order valence-electron chi connectivity index (χ0n) is 13.3. The maximum atomic E-state index is 12.5. The minimum Gasteiger partial charge on any atom is -0.394 e. The highest BCUT2D eigenvalue weighted by Gasteiger charge is 2.20. The van der Waals surface area contributed by atoms with Crippen LogP contribution in [0.3, 0.4) is 0 Å². The molecular formula is C14H20N4O4S. The molecule has 2 N–H and O–H groups in total. The normalized spacial score (nSPS) is 12.7. The number of imidazole rings is 1. The van der Waals surface area contributed by atoms with Gasteiger partial charge >= 0.3 is 5.69 Å². The van der Waals surface area contributed by atoms with Gasteiger partial charge in [-0.15, -0.1) is 0 Å². The van der Waals surface area contributed by atoms with Crippen LogP contribution < -0.4 is 11.2 Å². The van der Waals surface area contributed by atoms with Crippen LogP contribution >= 0.6 is 11.8 Å². The lowest BCUT2D eigenvalue weighted by atomic mass is 10.3. The summed E-state index contributed by atoms with van der Waals surface area (Å²) in [5, 5.41) is 18.9. The summed E-state index contributed by atoms with van der Waals surface area (Å²) in [5.41, 5.74) is 0.560. The number of aliphatic hydroxyl groups excluding tert-OH is 2. The van der Waals surface area contributed by atoms with Crippen LogP contribution in [0.1, 0.15) is 6.92 Å². The van der Waals surface area contributed by atoms with E-state index in [0.717, 1.165) is 10.1 Å². The molecular weight excluding hydrogens is 320 g/mol. The van der Waals surface area contributed by atoms with Crippen LogP contribution in [0.15, 0.2) is 26.9 Å². The highest BCUT2D eigenvalue weighted by atomic mass is 32.2. The molecule has 0 fully saturated rings. The predicted octanol–water partition coefficient (Wildman–Crippen LogP) is -0.545. The maximum absolute atomic E-state index is 12.5. The quantitative estimate of drug-likeness (QED) is 0.541. The van der Waals surface area contributed by atoms with Gasteiger partial charge in [0.15, 0.2) is 16.3 Å². The number of aryl methyl sites for hydroxylation is 1. The fourth-order valence-corrected chi connectivity index (χ4v) is 3.09. The smallest absolute Gasteiger partial charge is 0.332 e. The van der Waals surface area contributed by atoms with Crippen molar-refractivity contribution in [2.75, 3.05) is 12.4 Å². The van der Waals surface area contributed by atoms with Gasteiger partial charge in [0, 0.05) is 26.4 Å². The molecule has 2 aromatic heterocycles. The summed E-state index contributed by atoms with van der Waals surface area (Å²) >= 11 is 1.21. The SMILES string of the molecule is C=C(C)Cn1c(SCC(O)CO)nc2c1c(=O)n(C)c(=O)n2C. The maximum Gasteiger partial charge on any atom is 0.332 e. The average Bonchev–Trinajstić information content (AvgIpc) is 2.86. The number of fused-ring (bicyclic) bond motifs is 1. The summed E-state index contributed by atoms with van der Waals surface area (Å²) in [5.74, 6) is 0.226. The summed E-state index contributed by atoms with van der Waals surface area (Å²) in [4.78, 5) is 28.9. The third-order valence-electron chi connectivity index (χ3n) is 3.36. The largest absolute Gasteiger partial charge is 0.394 e. The van der Waals surface area contributed by atoms with E-state index in [1.54, 1.807) is 11.6 Å². The van der Waals surface area contributed by atoms with E-state index < -0.39 is 17.4 Å². The summed E-state index contributed by atoms with van der Waals surface area (Å²) in [6.07, 6.45) is -0.884. The van der Waals surface area contributed by atoms with Crippen molar-refractivity contribution >= 4 is 22.9 Å². The van der Waals surface area contributed by atoms with Crippen LogP contribution in [-0.4, -0.2) is 47.4 Å². The Balaban J connectivity index is 2.69. The first-order valence-corrected chi connectivity index (χ1v) is 7.98. The number of nitrogens with zero attached hydrogens (tertiary/aromatic N) is 4. The topological polar surface area (TPSA) is 102 Å². The first-order valence-electron chi connectivity index (χ1n) is 7.00. The van der Waals surface area contributed by atoms with Crippen LogP contribution in [0.2, 0.25) is 0 Å². The van der Waals surface area contributed by atoms with Crippen LogP contribution in [-0.2, 0) is 20.6 Å². The number of hydrogen-bond acceptors (Lipinski definition) is 6. The molecule has 0 amide bonds. The molecule has 0 aliphatic heterocycles.